The lowest BCUT2D eigenvalue weighted by atomic mass is 10.1. The maximum atomic E-state index is 13.0. The van der Waals surface area contributed by atoms with Crippen molar-refractivity contribution in [3.05, 3.63) is 101 Å². The van der Waals surface area contributed by atoms with Crippen LogP contribution in [0.4, 0.5) is 4.39 Å². The molecule has 0 saturated heterocycles. The molecule has 1 aromatic heterocycles. The number of hydrogen-bond donors (Lipinski definition) is 1. The predicted octanol–water partition coefficient (Wildman–Crippen LogP) is 4.69. The van der Waals surface area contributed by atoms with E-state index >= 15 is 0 Å². The lowest BCUT2D eigenvalue weighted by Crippen LogP contribution is -2.23. The van der Waals surface area contributed by atoms with Crippen LogP contribution in [0.1, 0.15) is 27.4 Å². The molecule has 1 amide bonds. The number of rotatable bonds is 7. The third-order valence-corrected chi connectivity index (χ3v) is 4.63. The lowest BCUT2D eigenvalue weighted by Gasteiger charge is -2.10. The Balaban J connectivity index is 1.40. The van der Waals surface area contributed by atoms with Gasteiger partial charge in [0.1, 0.15) is 11.6 Å². The first-order valence-electron chi connectivity index (χ1n) is 9.72. The van der Waals surface area contributed by atoms with Gasteiger partial charge in [-0.15, -0.1) is 0 Å². The van der Waals surface area contributed by atoms with E-state index in [0.29, 0.717) is 23.0 Å². The van der Waals surface area contributed by atoms with Crippen LogP contribution >= 0.6 is 0 Å². The first kappa shape index (κ1) is 20.3. The molecule has 31 heavy (non-hydrogen) atoms. The Hall–Kier alpha value is -4.00. The number of carbonyl (C=O) groups excluding carboxylic acids is 1. The van der Waals surface area contributed by atoms with Gasteiger partial charge in [0, 0.05) is 12.1 Å². The quantitative estimate of drug-likeness (QED) is 0.472. The maximum absolute atomic E-state index is 13.0. The number of aryl methyl sites for hydroxylation is 1. The van der Waals surface area contributed by atoms with Crippen molar-refractivity contribution in [2.45, 2.75) is 20.1 Å². The van der Waals surface area contributed by atoms with E-state index in [9.17, 15) is 9.18 Å². The Morgan fingerprint density at radius 3 is 2.55 bits per heavy atom. The summed E-state index contributed by atoms with van der Waals surface area (Å²) in [7, 11) is 0. The molecule has 0 aliphatic heterocycles. The average Bonchev–Trinajstić information content (AvgIpc) is 3.27. The van der Waals surface area contributed by atoms with E-state index in [1.807, 2.05) is 31.2 Å². The number of hydrogen-bond acceptors (Lipinski definition) is 5. The fraction of sp³-hybridized carbons (Fsp3) is 0.125. The van der Waals surface area contributed by atoms with Crippen molar-refractivity contribution in [2.75, 3.05) is 0 Å². The largest absolute Gasteiger partial charge is 0.483 e. The van der Waals surface area contributed by atoms with Gasteiger partial charge < -0.3 is 14.6 Å². The number of carbonyl (C=O) groups is 1. The van der Waals surface area contributed by atoms with Crippen LogP contribution in [0.2, 0.25) is 0 Å². The molecule has 1 N–H and O–H groups in total. The van der Waals surface area contributed by atoms with Crippen molar-refractivity contribution in [1.82, 2.24) is 15.5 Å². The number of nitrogens with zero attached hydrogens (tertiary/aromatic N) is 2. The zero-order chi connectivity index (χ0) is 21.6. The molecule has 0 aliphatic carbocycles. The Kier molecular flexibility index (Phi) is 6.03. The molecule has 0 spiro atoms. The molecule has 6 nitrogen and oxygen atoms in total. The molecule has 0 atom stereocenters. The van der Waals surface area contributed by atoms with E-state index in [1.165, 1.54) is 12.1 Å². The van der Waals surface area contributed by atoms with Crippen molar-refractivity contribution in [1.29, 1.82) is 0 Å². The molecule has 0 fully saturated rings. The van der Waals surface area contributed by atoms with E-state index in [0.717, 1.165) is 16.7 Å². The third kappa shape index (κ3) is 5.14. The second kappa shape index (κ2) is 9.21. The number of ether oxygens (including phenoxy) is 1. The zero-order valence-corrected chi connectivity index (χ0v) is 16.8. The second-order valence-electron chi connectivity index (χ2n) is 6.97. The van der Waals surface area contributed by atoms with Crippen molar-refractivity contribution < 1.29 is 18.4 Å². The van der Waals surface area contributed by atoms with Gasteiger partial charge in [0.05, 0.1) is 5.56 Å². The third-order valence-electron chi connectivity index (χ3n) is 4.63. The highest BCUT2D eigenvalue weighted by Crippen LogP contribution is 2.21. The molecule has 1 heterocycles. The highest BCUT2D eigenvalue weighted by Gasteiger charge is 2.14. The molecule has 3 aromatic carbocycles. The Labute approximate surface area is 178 Å². The van der Waals surface area contributed by atoms with Crippen LogP contribution in [0.25, 0.3) is 11.4 Å². The zero-order valence-electron chi connectivity index (χ0n) is 16.8. The van der Waals surface area contributed by atoms with Crippen LogP contribution in [0.15, 0.2) is 77.3 Å². The standard InChI is InChI=1S/C24H20FN3O3/c1-16-6-10-18(11-7-16)23-27-22(31-28-23)15-30-21-5-3-2-4-20(21)24(29)26-14-17-8-12-19(25)13-9-17/h2-13H,14-15H2,1H3,(H,26,29). The number of para-hydroxylation sites is 1. The SMILES string of the molecule is Cc1ccc(-c2noc(COc3ccccc3C(=O)NCc3ccc(F)cc3)n2)cc1. The topological polar surface area (TPSA) is 77.2 Å². The minimum atomic E-state index is -0.319. The molecule has 0 bridgehead atoms. The molecule has 156 valence electrons. The molecular weight excluding hydrogens is 397 g/mol. The van der Waals surface area contributed by atoms with Crippen LogP contribution in [0, 0.1) is 12.7 Å². The fourth-order valence-corrected chi connectivity index (χ4v) is 2.93. The summed E-state index contributed by atoms with van der Waals surface area (Å²) in [5.41, 5.74) is 3.16. The minimum absolute atomic E-state index is 0.0289. The van der Waals surface area contributed by atoms with Gasteiger partial charge in [-0.2, -0.15) is 4.98 Å². The molecule has 4 aromatic rings. The van der Waals surface area contributed by atoms with Gasteiger partial charge in [-0.3, -0.25) is 4.79 Å². The maximum Gasteiger partial charge on any atom is 0.264 e. The van der Waals surface area contributed by atoms with E-state index in [2.05, 4.69) is 15.5 Å². The minimum Gasteiger partial charge on any atom is -0.483 e. The predicted molar refractivity (Wildman–Crippen MR) is 113 cm³/mol. The number of halogens is 1. The number of aromatic nitrogens is 2. The first-order valence-corrected chi connectivity index (χ1v) is 9.72. The fourth-order valence-electron chi connectivity index (χ4n) is 2.93. The Morgan fingerprint density at radius 2 is 1.77 bits per heavy atom. The van der Waals surface area contributed by atoms with Gasteiger partial charge in [-0.05, 0) is 36.8 Å². The van der Waals surface area contributed by atoms with E-state index in [4.69, 9.17) is 9.26 Å². The van der Waals surface area contributed by atoms with Gasteiger partial charge in [-0.1, -0.05) is 59.3 Å². The average molecular weight is 417 g/mol. The van der Waals surface area contributed by atoms with Gasteiger partial charge in [-0.25, -0.2) is 4.39 Å². The van der Waals surface area contributed by atoms with Crippen LogP contribution < -0.4 is 10.1 Å². The summed E-state index contributed by atoms with van der Waals surface area (Å²) in [6.45, 7) is 2.31. The summed E-state index contributed by atoms with van der Waals surface area (Å²) in [4.78, 5) is 17.0. The van der Waals surface area contributed by atoms with Gasteiger partial charge in [0.25, 0.3) is 11.8 Å². The van der Waals surface area contributed by atoms with Crippen LogP contribution in [0.5, 0.6) is 5.75 Å². The monoisotopic (exact) mass is 417 g/mol. The first-order chi connectivity index (χ1) is 15.1. The summed E-state index contributed by atoms with van der Waals surface area (Å²) in [5, 5.41) is 6.79. The normalized spacial score (nSPS) is 10.6. The van der Waals surface area contributed by atoms with E-state index in [1.54, 1.807) is 36.4 Å². The molecule has 0 aliphatic rings. The summed E-state index contributed by atoms with van der Waals surface area (Å²) in [6, 6.07) is 20.6. The Bertz CT molecular complexity index is 1170. The van der Waals surface area contributed by atoms with Gasteiger partial charge >= 0.3 is 0 Å². The van der Waals surface area contributed by atoms with Crippen molar-refractivity contribution >= 4 is 5.91 Å². The molecular formula is C24H20FN3O3. The molecule has 7 heteroatoms. The lowest BCUT2D eigenvalue weighted by molar-refractivity contribution is 0.0945. The van der Waals surface area contributed by atoms with E-state index in [-0.39, 0.29) is 24.9 Å². The number of benzene rings is 3. The van der Waals surface area contributed by atoms with Crippen LogP contribution in [0.3, 0.4) is 0 Å². The number of amides is 1. The van der Waals surface area contributed by atoms with Gasteiger partial charge in [0.15, 0.2) is 6.61 Å². The Morgan fingerprint density at radius 1 is 1.03 bits per heavy atom. The number of nitrogens with one attached hydrogen (secondary N) is 1. The summed E-state index contributed by atoms with van der Waals surface area (Å²) in [5.74, 6) is 0.557. The van der Waals surface area contributed by atoms with Crippen molar-refractivity contribution in [3.63, 3.8) is 0 Å². The summed E-state index contributed by atoms with van der Waals surface area (Å²) in [6.07, 6.45) is 0. The highest BCUT2D eigenvalue weighted by molar-refractivity contribution is 5.96. The molecule has 0 radical (unpaired) electrons. The van der Waals surface area contributed by atoms with Gasteiger partial charge in [0.2, 0.25) is 5.82 Å². The molecule has 0 unspecified atom stereocenters. The van der Waals surface area contributed by atoms with Crippen LogP contribution in [-0.4, -0.2) is 16.0 Å². The van der Waals surface area contributed by atoms with Crippen LogP contribution in [-0.2, 0) is 13.2 Å². The molecule has 4 rings (SSSR count). The summed E-state index contributed by atoms with van der Waals surface area (Å²) >= 11 is 0. The second-order valence-corrected chi connectivity index (χ2v) is 6.97. The van der Waals surface area contributed by atoms with Crippen molar-refractivity contribution in [2.24, 2.45) is 0 Å². The van der Waals surface area contributed by atoms with E-state index < -0.39 is 0 Å². The summed E-state index contributed by atoms with van der Waals surface area (Å²) < 4.78 is 24.1. The van der Waals surface area contributed by atoms with Crippen molar-refractivity contribution in [3.8, 4) is 17.1 Å². The molecule has 0 saturated carbocycles. The smallest absolute Gasteiger partial charge is 0.264 e. The highest BCUT2D eigenvalue weighted by atomic mass is 19.1.